The Labute approximate surface area is 141 Å². The molecule has 4 nitrogen and oxygen atoms in total. The molecule has 0 saturated heterocycles. The number of nitrogens with zero attached hydrogens (tertiary/aromatic N) is 3. The molecule has 0 unspecified atom stereocenters. The molecule has 2 atom stereocenters. The van der Waals surface area contributed by atoms with E-state index in [1.807, 2.05) is 6.92 Å². The molecule has 3 aliphatic rings. The Hall–Kier alpha value is -1.36. The molecule has 4 rings (SSSR count). The van der Waals surface area contributed by atoms with E-state index >= 15 is 0 Å². The Morgan fingerprint density at radius 2 is 2.17 bits per heavy atom. The molecule has 0 bridgehead atoms. The van der Waals surface area contributed by atoms with E-state index in [1.165, 1.54) is 37.8 Å². The van der Waals surface area contributed by atoms with E-state index in [-0.39, 0.29) is 5.37 Å². The summed E-state index contributed by atoms with van der Waals surface area (Å²) in [4.78, 5) is 15.2. The number of allylic oxidation sites excluding steroid dienone is 1. The summed E-state index contributed by atoms with van der Waals surface area (Å²) in [5.74, 6) is 1.09. The maximum Gasteiger partial charge on any atom is 0.230 e. The monoisotopic (exact) mass is 329 g/mol. The predicted octanol–water partition coefficient (Wildman–Crippen LogP) is 4.52. The average Bonchev–Trinajstić information content (AvgIpc) is 3.17. The van der Waals surface area contributed by atoms with Crippen LogP contribution in [-0.4, -0.2) is 27.7 Å². The highest BCUT2D eigenvalue weighted by Crippen LogP contribution is 2.56. The highest BCUT2D eigenvalue weighted by Gasteiger charge is 2.44. The van der Waals surface area contributed by atoms with Crippen LogP contribution in [0.2, 0.25) is 0 Å². The van der Waals surface area contributed by atoms with Crippen LogP contribution in [-0.2, 0) is 0 Å². The van der Waals surface area contributed by atoms with Gasteiger partial charge in [-0.05, 0) is 44.6 Å². The molecule has 23 heavy (non-hydrogen) atoms. The second-order valence-corrected chi connectivity index (χ2v) is 7.48. The lowest BCUT2D eigenvalue weighted by molar-refractivity contribution is 0.316. The van der Waals surface area contributed by atoms with Gasteiger partial charge >= 0.3 is 0 Å². The molecule has 5 heteroatoms. The minimum atomic E-state index is 0.240. The fourth-order valence-electron chi connectivity index (χ4n) is 3.94. The van der Waals surface area contributed by atoms with Gasteiger partial charge < -0.3 is 4.74 Å². The largest absolute Gasteiger partial charge is 0.477 e. The zero-order valence-electron chi connectivity index (χ0n) is 13.8. The number of hydrogen-bond acceptors (Lipinski definition) is 5. The van der Waals surface area contributed by atoms with Crippen LogP contribution in [0.1, 0.15) is 64.0 Å². The Kier molecular flexibility index (Phi) is 4.14. The maximum atomic E-state index is 5.72. The van der Waals surface area contributed by atoms with Gasteiger partial charge in [0.1, 0.15) is 11.7 Å². The molecule has 0 fully saturated rings. The first-order chi connectivity index (χ1) is 11.3. The molecule has 0 saturated carbocycles. The van der Waals surface area contributed by atoms with Crippen molar-refractivity contribution in [3.05, 3.63) is 23.2 Å². The lowest BCUT2D eigenvalue weighted by Crippen LogP contribution is -2.21. The summed E-state index contributed by atoms with van der Waals surface area (Å²) in [6, 6.07) is 0. The fourth-order valence-corrected chi connectivity index (χ4v) is 5.30. The van der Waals surface area contributed by atoms with Crippen LogP contribution in [0, 0.1) is 0 Å². The van der Waals surface area contributed by atoms with Crippen molar-refractivity contribution in [3.8, 4) is 5.88 Å². The minimum Gasteiger partial charge on any atom is -0.477 e. The first-order valence-electron chi connectivity index (χ1n) is 8.76. The highest BCUT2D eigenvalue weighted by molar-refractivity contribution is 8.00. The molecule has 0 aromatic carbocycles. The van der Waals surface area contributed by atoms with Gasteiger partial charge in [0, 0.05) is 5.71 Å². The van der Waals surface area contributed by atoms with Crippen molar-refractivity contribution in [2.24, 2.45) is 4.99 Å². The van der Waals surface area contributed by atoms with Crippen LogP contribution >= 0.6 is 11.8 Å². The molecular weight excluding hydrogens is 306 g/mol. The summed E-state index contributed by atoms with van der Waals surface area (Å²) >= 11 is 1.80. The zero-order valence-corrected chi connectivity index (χ0v) is 14.7. The van der Waals surface area contributed by atoms with E-state index in [9.17, 15) is 0 Å². The molecule has 1 aromatic rings. The van der Waals surface area contributed by atoms with Crippen molar-refractivity contribution < 1.29 is 4.74 Å². The minimum absolute atomic E-state index is 0.240. The van der Waals surface area contributed by atoms with E-state index in [0.29, 0.717) is 12.5 Å². The van der Waals surface area contributed by atoms with Gasteiger partial charge in [-0.1, -0.05) is 30.7 Å². The topological polar surface area (TPSA) is 47.4 Å². The summed E-state index contributed by atoms with van der Waals surface area (Å²) < 4.78 is 5.72. The number of ether oxygens (including phenoxy) is 1. The van der Waals surface area contributed by atoms with E-state index in [0.717, 1.165) is 22.9 Å². The Balaban J connectivity index is 1.73. The second-order valence-electron chi connectivity index (χ2n) is 6.35. The van der Waals surface area contributed by atoms with Gasteiger partial charge in [-0.15, -0.1) is 0 Å². The molecule has 1 aliphatic carbocycles. The smallest absolute Gasteiger partial charge is 0.230 e. The quantitative estimate of drug-likeness (QED) is 0.797. The summed E-state index contributed by atoms with van der Waals surface area (Å²) in [6.07, 6.45) is 8.90. The van der Waals surface area contributed by atoms with Gasteiger partial charge in [-0.2, -0.15) is 0 Å². The molecular formula is C18H23N3OS. The summed E-state index contributed by atoms with van der Waals surface area (Å²) in [5.41, 5.74) is 5.66. The Morgan fingerprint density at radius 1 is 1.26 bits per heavy atom. The Bertz CT molecular complexity index is 683. The summed E-state index contributed by atoms with van der Waals surface area (Å²) in [6.45, 7) is 4.89. The number of aliphatic imine (C=N–C) groups is 1. The summed E-state index contributed by atoms with van der Waals surface area (Å²) in [5, 5.41) is 0.240. The van der Waals surface area contributed by atoms with E-state index in [4.69, 9.17) is 9.73 Å². The number of fused-ring (bicyclic) bond motifs is 4. The van der Waals surface area contributed by atoms with Crippen molar-refractivity contribution in [1.29, 1.82) is 0 Å². The van der Waals surface area contributed by atoms with Gasteiger partial charge in [0.25, 0.3) is 0 Å². The normalized spacial score (nSPS) is 25.0. The number of aromatic nitrogens is 2. The van der Waals surface area contributed by atoms with Crippen LogP contribution in [0.15, 0.2) is 27.4 Å². The van der Waals surface area contributed by atoms with Crippen molar-refractivity contribution in [3.63, 3.8) is 0 Å². The number of unbranched alkanes of at least 4 members (excludes halogenated alkanes) is 1. The SMILES string of the molecule is CCCCC1=N[C@@H]2Sc3c(OCC)ncnc3[C@@H]2C2=C1CCC2. The zero-order chi connectivity index (χ0) is 15.8. The standard InChI is InChI=1S/C18H23N3OS/c1-3-5-9-13-11-7-6-8-12(11)14-15-16(23-18(14)21-13)17(22-4-2)20-10-19-15/h10,14,18H,3-9H2,1-2H3/t14-,18+/m0/s1. The predicted molar refractivity (Wildman–Crippen MR) is 93.4 cm³/mol. The fraction of sp³-hybridized carbons (Fsp3) is 0.611. The lowest BCUT2D eigenvalue weighted by atomic mass is 9.87. The molecule has 3 heterocycles. The van der Waals surface area contributed by atoms with Crippen LogP contribution in [0.25, 0.3) is 0 Å². The van der Waals surface area contributed by atoms with E-state index in [2.05, 4.69) is 16.9 Å². The van der Waals surface area contributed by atoms with Crippen molar-refractivity contribution >= 4 is 17.5 Å². The molecule has 2 aliphatic heterocycles. The van der Waals surface area contributed by atoms with Crippen molar-refractivity contribution in [2.75, 3.05) is 6.61 Å². The third-order valence-corrected chi connectivity index (χ3v) is 6.17. The third-order valence-electron chi connectivity index (χ3n) is 4.93. The lowest BCUT2D eigenvalue weighted by Gasteiger charge is -2.26. The second kappa shape index (κ2) is 6.27. The van der Waals surface area contributed by atoms with Gasteiger partial charge in [0.15, 0.2) is 0 Å². The van der Waals surface area contributed by atoms with Gasteiger partial charge in [-0.25, -0.2) is 9.97 Å². The van der Waals surface area contributed by atoms with Crippen LogP contribution in [0.4, 0.5) is 0 Å². The van der Waals surface area contributed by atoms with Crippen LogP contribution in [0.5, 0.6) is 5.88 Å². The maximum absolute atomic E-state index is 5.72. The third kappa shape index (κ3) is 2.49. The van der Waals surface area contributed by atoms with Crippen LogP contribution < -0.4 is 4.74 Å². The molecule has 0 radical (unpaired) electrons. The first kappa shape index (κ1) is 15.2. The van der Waals surface area contributed by atoms with E-state index < -0.39 is 0 Å². The molecule has 0 spiro atoms. The number of rotatable bonds is 5. The number of hydrogen-bond donors (Lipinski definition) is 0. The summed E-state index contributed by atoms with van der Waals surface area (Å²) in [7, 11) is 0. The number of dihydropyridines is 1. The van der Waals surface area contributed by atoms with E-state index in [1.54, 1.807) is 29.2 Å². The Morgan fingerprint density at radius 3 is 3.00 bits per heavy atom. The van der Waals surface area contributed by atoms with Crippen molar-refractivity contribution in [1.82, 2.24) is 9.97 Å². The van der Waals surface area contributed by atoms with Gasteiger partial charge in [0.2, 0.25) is 5.88 Å². The number of thioether (sulfide) groups is 1. The molecule has 122 valence electrons. The molecule has 1 aromatic heterocycles. The average molecular weight is 329 g/mol. The van der Waals surface area contributed by atoms with Crippen LogP contribution in [0.3, 0.4) is 0 Å². The first-order valence-corrected chi connectivity index (χ1v) is 9.64. The van der Waals surface area contributed by atoms with Gasteiger partial charge in [-0.3, -0.25) is 4.99 Å². The van der Waals surface area contributed by atoms with Crippen molar-refractivity contribution in [2.45, 2.75) is 68.6 Å². The molecule has 0 amide bonds. The molecule has 0 N–H and O–H groups in total. The van der Waals surface area contributed by atoms with Gasteiger partial charge in [0.05, 0.1) is 23.1 Å². The highest BCUT2D eigenvalue weighted by atomic mass is 32.2.